The van der Waals surface area contributed by atoms with Gasteiger partial charge in [-0.05, 0) is 0 Å². The fourth-order valence-corrected chi connectivity index (χ4v) is 0.918. The zero-order valence-corrected chi connectivity index (χ0v) is 6.73. The summed E-state index contributed by atoms with van der Waals surface area (Å²) in [5.74, 6) is -5.81. The molecule has 0 radical (unpaired) electrons. The highest BCUT2D eigenvalue weighted by Gasteiger charge is 2.46. The number of hydrogen-bond donors (Lipinski definition) is 4. The van der Waals surface area contributed by atoms with Crippen molar-refractivity contribution in [2.75, 3.05) is 6.61 Å². The summed E-state index contributed by atoms with van der Waals surface area (Å²) in [4.78, 5) is 10.3. The summed E-state index contributed by atoms with van der Waals surface area (Å²) < 4.78 is 4.40. The second-order valence-corrected chi connectivity index (χ2v) is 2.86. The summed E-state index contributed by atoms with van der Waals surface area (Å²) in [5, 5.41) is 35.4. The number of hydrogen-bond acceptors (Lipinski definition) is 5. The molecule has 1 atom stereocenters. The van der Waals surface area contributed by atoms with Crippen LogP contribution >= 0.6 is 0 Å². The molecule has 0 aliphatic carbocycles. The van der Waals surface area contributed by atoms with E-state index in [1.54, 1.807) is 0 Å². The van der Waals surface area contributed by atoms with Gasteiger partial charge in [-0.1, -0.05) is 0 Å². The maximum Gasteiger partial charge on any atom is 0.364 e. The standard InChI is InChI=1S/C6H10O6.H2O/c7-4(8)6(11)2-1-5(9,10)3-12-6;/h9-11H,1-3H2,(H,7,8);1H2. The SMILES string of the molecule is O.O=C(O)C1(O)CCC(O)(O)CO1. The van der Waals surface area contributed by atoms with Crippen LogP contribution in [-0.4, -0.2) is 50.1 Å². The van der Waals surface area contributed by atoms with E-state index in [-0.39, 0.29) is 18.3 Å². The molecule has 0 amide bonds. The zero-order valence-electron chi connectivity index (χ0n) is 6.73. The fraction of sp³-hybridized carbons (Fsp3) is 0.833. The molecule has 6 N–H and O–H groups in total. The minimum absolute atomic E-state index is 0. The lowest BCUT2D eigenvalue weighted by Gasteiger charge is -2.34. The van der Waals surface area contributed by atoms with Gasteiger partial charge in [-0.15, -0.1) is 0 Å². The Morgan fingerprint density at radius 3 is 2.08 bits per heavy atom. The van der Waals surface area contributed by atoms with Crippen LogP contribution in [0.5, 0.6) is 0 Å². The normalized spacial score (nSPS) is 31.9. The highest BCUT2D eigenvalue weighted by atomic mass is 16.7. The molecule has 1 aliphatic heterocycles. The number of aliphatic carboxylic acids is 1. The van der Waals surface area contributed by atoms with Gasteiger partial charge in [0, 0.05) is 12.8 Å². The molecule has 7 nitrogen and oxygen atoms in total. The number of carbonyl (C=O) groups is 1. The zero-order chi connectivity index (χ0) is 9.41. The Morgan fingerprint density at radius 1 is 1.23 bits per heavy atom. The number of aliphatic hydroxyl groups is 3. The molecule has 1 saturated heterocycles. The van der Waals surface area contributed by atoms with Crippen LogP contribution in [0, 0.1) is 0 Å². The maximum atomic E-state index is 10.3. The number of rotatable bonds is 1. The molecule has 1 unspecified atom stereocenters. The van der Waals surface area contributed by atoms with Gasteiger partial charge in [0.1, 0.15) is 6.61 Å². The monoisotopic (exact) mass is 196 g/mol. The van der Waals surface area contributed by atoms with Gasteiger partial charge in [0.25, 0.3) is 5.79 Å². The van der Waals surface area contributed by atoms with Crippen molar-refractivity contribution in [1.29, 1.82) is 0 Å². The first-order valence-corrected chi connectivity index (χ1v) is 3.40. The molecule has 0 aromatic carbocycles. The molecule has 0 bridgehead atoms. The summed E-state index contributed by atoms with van der Waals surface area (Å²) in [6, 6.07) is 0. The molecule has 78 valence electrons. The molecule has 0 aromatic rings. The number of carboxylic acids is 1. The average Bonchev–Trinajstić information content (AvgIpc) is 1.96. The predicted octanol–water partition coefficient (Wildman–Crippen LogP) is -2.57. The lowest BCUT2D eigenvalue weighted by Crippen LogP contribution is -2.52. The lowest BCUT2D eigenvalue weighted by atomic mass is 10.0. The fourth-order valence-electron chi connectivity index (χ4n) is 0.918. The molecular weight excluding hydrogens is 184 g/mol. The molecule has 0 spiro atoms. The summed E-state index contributed by atoms with van der Waals surface area (Å²) in [7, 11) is 0. The van der Waals surface area contributed by atoms with E-state index in [1.807, 2.05) is 0 Å². The van der Waals surface area contributed by atoms with E-state index in [9.17, 15) is 4.79 Å². The van der Waals surface area contributed by atoms with Crippen LogP contribution < -0.4 is 0 Å². The maximum absolute atomic E-state index is 10.3. The first-order chi connectivity index (χ1) is 5.36. The smallest absolute Gasteiger partial charge is 0.364 e. The first-order valence-electron chi connectivity index (χ1n) is 3.40. The van der Waals surface area contributed by atoms with Crippen LogP contribution in [0.2, 0.25) is 0 Å². The van der Waals surface area contributed by atoms with Crippen molar-refractivity contribution in [2.24, 2.45) is 0 Å². The van der Waals surface area contributed by atoms with Crippen molar-refractivity contribution < 1.29 is 35.4 Å². The summed E-state index contributed by atoms with van der Waals surface area (Å²) in [6.07, 6.45) is -0.564. The Labute approximate surface area is 73.5 Å². The summed E-state index contributed by atoms with van der Waals surface area (Å²) in [6.45, 7) is -0.601. The van der Waals surface area contributed by atoms with Crippen LogP contribution in [0.3, 0.4) is 0 Å². The third-order valence-electron chi connectivity index (χ3n) is 1.74. The van der Waals surface area contributed by atoms with Gasteiger partial charge in [-0.3, -0.25) is 0 Å². The minimum Gasteiger partial charge on any atom is -0.477 e. The highest BCUT2D eigenvalue weighted by molar-refractivity contribution is 5.75. The van der Waals surface area contributed by atoms with Gasteiger partial charge < -0.3 is 30.6 Å². The summed E-state index contributed by atoms with van der Waals surface area (Å²) >= 11 is 0. The highest BCUT2D eigenvalue weighted by Crippen LogP contribution is 2.27. The third-order valence-corrected chi connectivity index (χ3v) is 1.74. The Bertz CT molecular complexity index is 189. The van der Waals surface area contributed by atoms with Gasteiger partial charge in [-0.2, -0.15) is 0 Å². The second kappa shape index (κ2) is 3.56. The number of ether oxygens (including phenoxy) is 1. The van der Waals surface area contributed by atoms with Crippen molar-refractivity contribution in [3.05, 3.63) is 0 Å². The van der Waals surface area contributed by atoms with Crippen LogP contribution in [-0.2, 0) is 9.53 Å². The van der Waals surface area contributed by atoms with E-state index in [4.69, 9.17) is 20.4 Å². The lowest BCUT2D eigenvalue weighted by molar-refractivity contribution is -0.308. The molecular formula is C6H12O7. The van der Waals surface area contributed by atoms with E-state index in [0.717, 1.165) is 0 Å². The minimum atomic E-state index is -2.27. The van der Waals surface area contributed by atoms with Crippen LogP contribution in [0.25, 0.3) is 0 Å². The quantitative estimate of drug-likeness (QED) is 0.340. The van der Waals surface area contributed by atoms with E-state index in [1.165, 1.54) is 0 Å². The first kappa shape index (κ1) is 12.3. The van der Waals surface area contributed by atoms with Gasteiger partial charge in [0.15, 0.2) is 5.79 Å². The Kier molecular flexibility index (Phi) is 3.36. The topological polar surface area (TPSA) is 139 Å². The van der Waals surface area contributed by atoms with Crippen LogP contribution in [0.15, 0.2) is 0 Å². The molecule has 7 heteroatoms. The Morgan fingerprint density at radius 2 is 1.77 bits per heavy atom. The average molecular weight is 196 g/mol. The van der Waals surface area contributed by atoms with Gasteiger partial charge in [-0.25, -0.2) is 4.79 Å². The molecule has 1 heterocycles. The molecule has 1 fully saturated rings. The second-order valence-electron chi connectivity index (χ2n) is 2.86. The number of carboxylic acid groups (broad SMARTS) is 1. The van der Waals surface area contributed by atoms with Gasteiger partial charge in [0.2, 0.25) is 0 Å². The Hall–Kier alpha value is -0.730. The molecule has 1 rings (SSSR count). The van der Waals surface area contributed by atoms with Crippen molar-refractivity contribution in [1.82, 2.24) is 0 Å². The van der Waals surface area contributed by atoms with Crippen LogP contribution in [0.4, 0.5) is 0 Å². The van der Waals surface area contributed by atoms with Crippen molar-refractivity contribution in [3.8, 4) is 0 Å². The van der Waals surface area contributed by atoms with E-state index in [0.29, 0.717) is 0 Å². The summed E-state index contributed by atoms with van der Waals surface area (Å²) in [5.41, 5.74) is 0. The van der Waals surface area contributed by atoms with E-state index < -0.39 is 24.2 Å². The Balaban J connectivity index is 0.00000144. The van der Waals surface area contributed by atoms with E-state index >= 15 is 0 Å². The van der Waals surface area contributed by atoms with Crippen molar-refractivity contribution in [3.63, 3.8) is 0 Å². The third kappa shape index (κ3) is 2.61. The molecule has 0 aromatic heterocycles. The van der Waals surface area contributed by atoms with Crippen molar-refractivity contribution in [2.45, 2.75) is 24.4 Å². The van der Waals surface area contributed by atoms with Crippen molar-refractivity contribution >= 4 is 5.97 Å². The molecule has 1 aliphatic rings. The van der Waals surface area contributed by atoms with Gasteiger partial charge >= 0.3 is 5.97 Å². The predicted molar refractivity (Wildman–Crippen MR) is 38.6 cm³/mol. The molecule has 0 saturated carbocycles. The van der Waals surface area contributed by atoms with Crippen LogP contribution in [0.1, 0.15) is 12.8 Å². The largest absolute Gasteiger partial charge is 0.477 e. The van der Waals surface area contributed by atoms with Gasteiger partial charge in [0.05, 0.1) is 0 Å². The van der Waals surface area contributed by atoms with E-state index in [2.05, 4.69) is 4.74 Å². The molecule has 13 heavy (non-hydrogen) atoms.